The van der Waals surface area contributed by atoms with E-state index >= 15 is 0 Å². The van der Waals surface area contributed by atoms with E-state index in [2.05, 4.69) is 42.5 Å². The Bertz CT molecular complexity index is 1020. The van der Waals surface area contributed by atoms with Gasteiger partial charge in [0.15, 0.2) is 0 Å². The molecule has 1 heterocycles. The van der Waals surface area contributed by atoms with Gasteiger partial charge in [-0.3, -0.25) is 4.72 Å². The van der Waals surface area contributed by atoms with Crippen LogP contribution in [0.1, 0.15) is 0 Å². The van der Waals surface area contributed by atoms with Crippen LogP contribution < -0.4 is 10.0 Å². The topological polar surface area (TPSA) is 84.0 Å². The number of fused-ring (bicyclic) bond motifs is 1. The standard InChI is InChI=1S/C16H13BrN4O2S/c1-2-24(22,23)21-13-6-7-14-15(9-13)18-10-19-16(14)20-12-5-3-4-11(17)8-12/h2-10,21H,1H2,(H,18,19,20). The van der Waals surface area contributed by atoms with Crippen LogP contribution in [-0.2, 0) is 10.0 Å². The van der Waals surface area contributed by atoms with Crippen LogP contribution in [0.3, 0.4) is 0 Å². The molecule has 2 N–H and O–H groups in total. The Hall–Kier alpha value is -2.45. The van der Waals surface area contributed by atoms with Gasteiger partial charge >= 0.3 is 0 Å². The Morgan fingerprint density at radius 1 is 1.08 bits per heavy atom. The first-order chi connectivity index (χ1) is 11.5. The zero-order valence-electron chi connectivity index (χ0n) is 12.4. The molecule has 0 spiro atoms. The molecule has 0 saturated carbocycles. The van der Waals surface area contributed by atoms with Crippen molar-refractivity contribution < 1.29 is 8.42 Å². The van der Waals surface area contributed by atoms with Crippen molar-refractivity contribution in [1.29, 1.82) is 0 Å². The molecule has 0 amide bonds. The van der Waals surface area contributed by atoms with Crippen molar-refractivity contribution >= 4 is 54.0 Å². The Kier molecular flexibility index (Phi) is 4.50. The van der Waals surface area contributed by atoms with E-state index < -0.39 is 10.0 Å². The predicted octanol–water partition coefficient (Wildman–Crippen LogP) is 4.02. The van der Waals surface area contributed by atoms with Gasteiger partial charge in [-0.25, -0.2) is 18.4 Å². The van der Waals surface area contributed by atoms with Crippen molar-refractivity contribution in [1.82, 2.24) is 9.97 Å². The molecule has 0 bridgehead atoms. The number of aromatic nitrogens is 2. The maximum absolute atomic E-state index is 11.6. The van der Waals surface area contributed by atoms with E-state index in [9.17, 15) is 8.42 Å². The summed E-state index contributed by atoms with van der Waals surface area (Å²) in [6.07, 6.45) is 1.43. The highest BCUT2D eigenvalue weighted by Crippen LogP contribution is 2.26. The molecule has 1 aromatic heterocycles. The Labute approximate surface area is 147 Å². The van der Waals surface area contributed by atoms with Gasteiger partial charge in [0.1, 0.15) is 12.1 Å². The van der Waals surface area contributed by atoms with Gasteiger partial charge in [0, 0.05) is 21.0 Å². The van der Waals surface area contributed by atoms with Crippen LogP contribution in [0.15, 0.2) is 65.3 Å². The normalized spacial score (nSPS) is 11.2. The fourth-order valence-electron chi connectivity index (χ4n) is 2.13. The molecule has 3 aromatic rings. The highest BCUT2D eigenvalue weighted by Gasteiger charge is 2.08. The lowest BCUT2D eigenvalue weighted by molar-refractivity contribution is 0.609. The number of anilines is 3. The number of nitrogens with one attached hydrogen (secondary N) is 2. The van der Waals surface area contributed by atoms with Gasteiger partial charge in [0.25, 0.3) is 10.0 Å². The lowest BCUT2D eigenvalue weighted by Gasteiger charge is -2.10. The van der Waals surface area contributed by atoms with Crippen molar-refractivity contribution in [2.24, 2.45) is 0 Å². The minimum atomic E-state index is -3.55. The first-order valence-corrected chi connectivity index (χ1v) is 9.23. The van der Waals surface area contributed by atoms with E-state index in [1.165, 1.54) is 6.33 Å². The maximum atomic E-state index is 11.6. The van der Waals surface area contributed by atoms with Crippen molar-refractivity contribution in [2.45, 2.75) is 0 Å². The van der Waals surface area contributed by atoms with Gasteiger partial charge < -0.3 is 5.32 Å². The first kappa shape index (κ1) is 16.4. The first-order valence-electron chi connectivity index (χ1n) is 6.89. The van der Waals surface area contributed by atoms with Crippen LogP contribution in [0.4, 0.5) is 17.2 Å². The number of halogens is 1. The van der Waals surface area contributed by atoms with Crippen LogP contribution >= 0.6 is 15.9 Å². The van der Waals surface area contributed by atoms with Gasteiger partial charge in [-0.15, -0.1) is 0 Å². The van der Waals surface area contributed by atoms with Gasteiger partial charge in [-0.05, 0) is 36.4 Å². The van der Waals surface area contributed by atoms with Gasteiger partial charge in [-0.2, -0.15) is 0 Å². The van der Waals surface area contributed by atoms with E-state index in [4.69, 9.17) is 0 Å². The molecule has 0 aliphatic carbocycles. The molecule has 0 atom stereocenters. The van der Waals surface area contributed by atoms with E-state index in [1.54, 1.807) is 18.2 Å². The average Bonchev–Trinajstić information content (AvgIpc) is 2.54. The zero-order valence-corrected chi connectivity index (χ0v) is 14.8. The summed E-state index contributed by atoms with van der Waals surface area (Å²) < 4.78 is 26.5. The fraction of sp³-hybridized carbons (Fsp3) is 0. The molecule has 122 valence electrons. The molecular formula is C16H13BrN4O2S. The fourth-order valence-corrected chi connectivity index (χ4v) is 3.07. The van der Waals surface area contributed by atoms with E-state index in [0.717, 1.165) is 21.0 Å². The third kappa shape index (κ3) is 3.72. The average molecular weight is 405 g/mol. The quantitative estimate of drug-likeness (QED) is 0.670. The number of hydrogen-bond donors (Lipinski definition) is 2. The molecule has 0 unspecified atom stereocenters. The van der Waals surface area contributed by atoms with Gasteiger partial charge in [0.2, 0.25) is 0 Å². The number of rotatable bonds is 5. The van der Waals surface area contributed by atoms with Crippen LogP contribution in [0.5, 0.6) is 0 Å². The molecule has 0 fully saturated rings. The minimum absolute atomic E-state index is 0.412. The summed E-state index contributed by atoms with van der Waals surface area (Å²) in [4.78, 5) is 8.46. The third-order valence-electron chi connectivity index (χ3n) is 3.20. The van der Waals surface area contributed by atoms with Crippen molar-refractivity contribution in [2.75, 3.05) is 10.0 Å². The summed E-state index contributed by atoms with van der Waals surface area (Å²) in [7, 11) is -3.55. The summed E-state index contributed by atoms with van der Waals surface area (Å²) in [5.41, 5.74) is 1.90. The van der Waals surface area contributed by atoms with Crippen LogP contribution in [-0.4, -0.2) is 18.4 Å². The van der Waals surface area contributed by atoms with Crippen molar-refractivity contribution in [3.63, 3.8) is 0 Å². The second-order valence-corrected chi connectivity index (χ2v) is 7.45. The minimum Gasteiger partial charge on any atom is -0.340 e. The van der Waals surface area contributed by atoms with Crippen LogP contribution in [0.25, 0.3) is 10.9 Å². The molecule has 6 nitrogen and oxygen atoms in total. The number of sulfonamides is 1. The Morgan fingerprint density at radius 2 is 1.92 bits per heavy atom. The third-order valence-corrected chi connectivity index (χ3v) is 4.66. The highest BCUT2D eigenvalue weighted by atomic mass is 79.9. The molecule has 8 heteroatoms. The molecule has 3 rings (SSSR count). The van der Waals surface area contributed by atoms with Crippen molar-refractivity contribution in [3.8, 4) is 0 Å². The summed E-state index contributed by atoms with van der Waals surface area (Å²) in [6, 6.07) is 12.8. The molecule has 0 aliphatic rings. The van der Waals surface area contributed by atoms with Crippen molar-refractivity contribution in [3.05, 3.63) is 65.3 Å². The molecular weight excluding hydrogens is 392 g/mol. The van der Waals surface area contributed by atoms with Crippen LogP contribution in [0.2, 0.25) is 0 Å². The van der Waals surface area contributed by atoms with E-state index in [-0.39, 0.29) is 0 Å². The maximum Gasteiger partial charge on any atom is 0.254 e. The number of benzene rings is 2. The second kappa shape index (κ2) is 6.58. The molecule has 24 heavy (non-hydrogen) atoms. The van der Waals surface area contributed by atoms with E-state index in [1.807, 2.05) is 24.3 Å². The summed E-state index contributed by atoms with van der Waals surface area (Å²) >= 11 is 3.42. The highest BCUT2D eigenvalue weighted by molar-refractivity contribution is 9.10. The lowest BCUT2D eigenvalue weighted by Crippen LogP contribution is -2.08. The van der Waals surface area contributed by atoms with Gasteiger partial charge in [0.05, 0.1) is 11.2 Å². The molecule has 0 saturated heterocycles. The number of nitrogens with zero attached hydrogens (tertiary/aromatic N) is 2. The predicted molar refractivity (Wildman–Crippen MR) is 99.7 cm³/mol. The second-order valence-electron chi connectivity index (χ2n) is 4.90. The zero-order chi connectivity index (χ0) is 17.2. The molecule has 2 aromatic carbocycles. The van der Waals surface area contributed by atoms with Crippen LogP contribution in [0, 0.1) is 0 Å². The van der Waals surface area contributed by atoms with E-state index in [0.29, 0.717) is 17.0 Å². The van der Waals surface area contributed by atoms with Gasteiger partial charge in [-0.1, -0.05) is 28.6 Å². The Morgan fingerprint density at radius 3 is 2.67 bits per heavy atom. The largest absolute Gasteiger partial charge is 0.340 e. The lowest BCUT2D eigenvalue weighted by atomic mass is 10.2. The Balaban J connectivity index is 1.97. The molecule has 0 radical (unpaired) electrons. The summed E-state index contributed by atoms with van der Waals surface area (Å²) in [5, 5.41) is 4.87. The summed E-state index contributed by atoms with van der Waals surface area (Å²) in [6.45, 7) is 3.27. The SMILES string of the molecule is C=CS(=O)(=O)Nc1ccc2c(Nc3cccc(Br)c3)ncnc2c1. The molecule has 0 aliphatic heterocycles. The number of hydrogen-bond acceptors (Lipinski definition) is 5. The smallest absolute Gasteiger partial charge is 0.254 e. The summed E-state index contributed by atoms with van der Waals surface area (Å²) in [5.74, 6) is 0.635. The monoisotopic (exact) mass is 404 g/mol.